The normalized spacial score (nSPS) is 36.9. The van der Waals surface area contributed by atoms with E-state index in [-0.39, 0.29) is 22.2 Å². The summed E-state index contributed by atoms with van der Waals surface area (Å²) in [5.41, 5.74) is 2.30. The van der Waals surface area contributed by atoms with Crippen LogP contribution in [-0.4, -0.2) is 30.4 Å². The van der Waals surface area contributed by atoms with Crippen LogP contribution in [0.15, 0.2) is 18.2 Å². The van der Waals surface area contributed by atoms with Crippen LogP contribution in [0, 0.1) is 17.3 Å². The van der Waals surface area contributed by atoms with Crippen molar-refractivity contribution in [3.05, 3.63) is 29.3 Å². The number of hydrogen-bond donors (Lipinski definition) is 0. The molecule has 4 aliphatic carbocycles. The number of carbonyl (C=O) groups excluding carboxylic acids is 2. The number of halogens is 1. The number of ether oxygens (including phenoxy) is 1. The molecule has 5 aliphatic rings. The van der Waals surface area contributed by atoms with Gasteiger partial charge in [-0.05, 0) is 80.5 Å². The molecule has 2 atom stereocenters. The van der Waals surface area contributed by atoms with E-state index in [1.807, 2.05) is 17.0 Å². The minimum Gasteiger partial charge on any atom is -0.465 e. The van der Waals surface area contributed by atoms with Crippen molar-refractivity contribution in [1.29, 1.82) is 0 Å². The summed E-state index contributed by atoms with van der Waals surface area (Å²) < 4.78 is 4.81. The van der Waals surface area contributed by atoms with Crippen molar-refractivity contribution in [3.63, 3.8) is 0 Å². The van der Waals surface area contributed by atoms with Crippen LogP contribution in [0.5, 0.6) is 0 Å². The van der Waals surface area contributed by atoms with E-state index in [9.17, 15) is 9.59 Å². The highest BCUT2D eigenvalue weighted by molar-refractivity contribution is 6.24. The standard InChI is InChI=1S/C21H24ClNO3/c1-26-18(24)16-2-3-17-15(7-16)4-5-23(17)19(25)20-8-13-6-14(9-20)11-21(22,10-13)12-20/h2-3,7,13-14H,4-6,8-12H2,1H3. The third-order valence-electron chi connectivity index (χ3n) is 7.08. The number of amides is 1. The van der Waals surface area contributed by atoms with Gasteiger partial charge in [-0.25, -0.2) is 4.79 Å². The van der Waals surface area contributed by atoms with E-state index in [2.05, 4.69) is 0 Å². The Morgan fingerprint density at radius 3 is 2.58 bits per heavy atom. The predicted molar refractivity (Wildman–Crippen MR) is 99.5 cm³/mol. The lowest BCUT2D eigenvalue weighted by Crippen LogP contribution is -2.59. The minimum atomic E-state index is -0.331. The molecule has 4 bridgehead atoms. The fraction of sp³-hybridized carbons (Fsp3) is 0.619. The molecule has 0 N–H and O–H groups in total. The van der Waals surface area contributed by atoms with E-state index in [0.29, 0.717) is 23.9 Å². The minimum absolute atomic E-state index is 0.156. The fourth-order valence-corrected chi connectivity index (χ4v) is 7.24. The molecule has 1 amide bonds. The summed E-state index contributed by atoms with van der Waals surface area (Å²) in [5, 5.41) is 0. The molecule has 1 aromatic carbocycles. The second kappa shape index (κ2) is 5.48. The van der Waals surface area contributed by atoms with E-state index >= 15 is 0 Å². The van der Waals surface area contributed by atoms with Crippen molar-refractivity contribution >= 4 is 29.2 Å². The molecule has 0 aromatic heterocycles. The summed E-state index contributed by atoms with van der Waals surface area (Å²) in [7, 11) is 1.39. The van der Waals surface area contributed by atoms with Crippen LogP contribution in [0.2, 0.25) is 0 Å². The largest absolute Gasteiger partial charge is 0.465 e. The van der Waals surface area contributed by atoms with Crippen molar-refractivity contribution < 1.29 is 14.3 Å². The van der Waals surface area contributed by atoms with Gasteiger partial charge in [-0.3, -0.25) is 4.79 Å². The molecule has 5 heteroatoms. The maximum absolute atomic E-state index is 13.7. The van der Waals surface area contributed by atoms with Gasteiger partial charge in [-0.2, -0.15) is 0 Å². The highest BCUT2D eigenvalue weighted by Gasteiger charge is 2.61. The number of rotatable bonds is 2. The van der Waals surface area contributed by atoms with Gasteiger partial charge in [0, 0.05) is 17.1 Å². The van der Waals surface area contributed by atoms with Crippen molar-refractivity contribution in [2.75, 3.05) is 18.6 Å². The van der Waals surface area contributed by atoms with Gasteiger partial charge in [-0.15, -0.1) is 11.6 Å². The average Bonchev–Trinajstić information content (AvgIpc) is 3.01. The quantitative estimate of drug-likeness (QED) is 0.582. The van der Waals surface area contributed by atoms with Crippen molar-refractivity contribution in [3.8, 4) is 0 Å². The Morgan fingerprint density at radius 1 is 1.19 bits per heavy atom. The lowest BCUT2D eigenvalue weighted by molar-refractivity contribution is -0.141. The van der Waals surface area contributed by atoms with Gasteiger partial charge in [0.15, 0.2) is 0 Å². The molecule has 0 spiro atoms. The van der Waals surface area contributed by atoms with Gasteiger partial charge in [0.1, 0.15) is 0 Å². The number of methoxy groups -OCH3 is 1. The number of fused-ring (bicyclic) bond motifs is 1. The molecule has 1 heterocycles. The van der Waals surface area contributed by atoms with Gasteiger partial charge in [0.25, 0.3) is 0 Å². The van der Waals surface area contributed by atoms with Gasteiger partial charge >= 0.3 is 5.97 Å². The van der Waals surface area contributed by atoms with Crippen molar-refractivity contribution in [2.45, 2.75) is 49.8 Å². The Morgan fingerprint density at radius 2 is 1.92 bits per heavy atom. The van der Waals surface area contributed by atoms with Crippen LogP contribution in [-0.2, 0) is 16.0 Å². The van der Waals surface area contributed by atoms with E-state index < -0.39 is 0 Å². The first-order chi connectivity index (χ1) is 12.4. The zero-order chi connectivity index (χ0) is 18.1. The summed E-state index contributed by atoms with van der Waals surface area (Å²) in [6.45, 7) is 0.700. The molecule has 4 nitrogen and oxygen atoms in total. The SMILES string of the molecule is COC(=O)c1ccc2c(c1)CCN2C(=O)C12CC3CC(CC(Cl)(C3)C1)C2. The summed E-state index contributed by atoms with van der Waals surface area (Å²) in [4.78, 5) is 27.2. The Balaban J connectivity index is 1.46. The van der Waals surface area contributed by atoms with Gasteiger partial charge < -0.3 is 9.64 Å². The zero-order valence-corrected chi connectivity index (χ0v) is 15.8. The van der Waals surface area contributed by atoms with Crippen LogP contribution in [0.3, 0.4) is 0 Å². The van der Waals surface area contributed by atoms with Gasteiger partial charge in [0.2, 0.25) is 5.91 Å². The highest BCUT2D eigenvalue weighted by Crippen LogP contribution is 2.64. The molecule has 4 fully saturated rings. The van der Waals surface area contributed by atoms with Crippen molar-refractivity contribution in [2.24, 2.45) is 17.3 Å². The van der Waals surface area contributed by atoms with Crippen LogP contribution in [0.25, 0.3) is 0 Å². The average molecular weight is 374 g/mol. The second-order valence-corrected chi connectivity index (χ2v) is 9.74. The lowest BCUT2D eigenvalue weighted by atomic mass is 9.49. The predicted octanol–water partition coefficient (Wildman–Crippen LogP) is 3.94. The molecule has 6 rings (SSSR count). The number of nitrogens with zero attached hydrogens (tertiary/aromatic N) is 1. The van der Waals surface area contributed by atoms with Crippen LogP contribution < -0.4 is 4.90 Å². The van der Waals surface area contributed by atoms with Gasteiger partial charge in [0.05, 0.1) is 18.1 Å². The fourth-order valence-electron chi connectivity index (χ4n) is 6.54. The Labute approximate surface area is 158 Å². The first-order valence-electron chi connectivity index (χ1n) is 9.64. The van der Waals surface area contributed by atoms with E-state index in [1.54, 1.807) is 6.07 Å². The summed E-state index contributed by atoms with van der Waals surface area (Å²) in [5.74, 6) is 1.16. The summed E-state index contributed by atoms with van der Waals surface area (Å²) in [6, 6.07) is 5.54. The molecule has 138 valence electrons. The number of alkyl halides is 1. The number of esters is 1. The molecule has 1 aliphatic heterocycles. The number of hydrogen-bond acceptors (Lipinski definition) is 3. The molecule has 26 heavy (non-hydrogen) atoms. The molecule has 4 saturated carbocycles. The molecule has 0 radical (unpaired) electrons. The Kier molecular flexibility index (Phi) is 3.50. The second-order valence-electron chi connectivity index (χ2n) is 8.93. The molecule has 0 saturated heterocycles. The number of anilines is 1. The maximum Gasteiger partial charge on any atom is 0.337 e. The monoisotopic (exact) mass is 373 g/mol. The summed E-state index contributed by atoms with van der Waals surface area (Å²) >= 11 is 6.92. The Hall–Kier alpha value is -1.55. The first-order valence-corrected chi connectivity index (χ1v) is 10.0. The van der Waals surface area contributed by atoms with Crippen LogP contribution in [0.4, 0.5) is 5.69 Å². The number of benzene rings is 1. The van der Waals surface area contributed by atoms with Crippen molar-refractivity contribution in [1.82, 2.24) is 0 Å². The lowest BCUT2D eigenvalue weighted by Gasteiger charge is -2.59. The number of carbonyl (C=O) groups is 2. The summed E-state index contributed by atoms with van der Waals surface area (Å²) in [6.07, 6.45) is 7.05. The van der Waals surface area contributed by atoms with E-state index in [0.717, 1.165) is 49.8 Å². The first kappa shape index (κ1) is 16.6. The third kappa shape index (κ3) is 2.34. The van der Waals surface area contributed by atoms with E-state index in [1.165, 1.54) is 13.5 Å². The molecular formula is C21H24ClNO3. The third-order valence-corrected chi connectivity index (χ3v) is 7.53. The topological polar surface area (TPSA) is 46.6 Å². The van der Waals surface area contributed by atoms with Crippen LogP contribution >= 0.6 is 11.6 Å². The van der Waals surface area contributed by atoms with E-state index in [4.69, 9.17) is 16.3 Å². The van der Waals surface area contributed by atoms with Gasteiger partial charge in [-0.1, -0.05) is 0 Å². The molecular weight excluding hydrogens is 350 g/mol. The highest BCUT2D eigenvalue weighted by atomic mass is 35.5. The maximum atomic E-state index is 13.7. The molecule has 2 unspecified atom stereocenters. The smallest absolute Gasteiger partial charge is 0.337 e. The zero-order valence-electron chi connectivity index (χ0n) is 15.1. The van der Waals surface area contributed by atoms with Crippen LogP contribution in [0.1, 0.15) is 54.4 Å². The molecule has 1 aromatic rings. The Bertz CT molecular complexity index is 790.